The predicted octanol–water partition coefficient (Wildman–Crippen LogP) is 3.26. The van der Waals surface area contributed by atoms with E-state index in [1.165, 1.54) is 12.1 Å². The number of halogens is 4. The van der Waals surface area contributed by atoms with Crippen LogP contribution in [0.15, 0.2) is 18.2 Å². The Morgan fingerprint density at radius 3 is 2.50 bits per heavy atom. The number of nitrogen functional groups attached to an aromatic ring is 1. The SMILES string of the molecule is Nc1ccc(Cl)cc1[C@@H](N)CCC(F)(F)F. The van der Waals surface area contributed by atoms with E-state index in [-0.39, 0.29) is 6.42 Å². The number of benzene rings is 1. The molecule has 0 saturated carbocycles. The lowest BCUT2D eigenvalue weighted by Gasteiger charge is -2.15. The summed E-state index contributed by atoms with van der Waals surface area (Å²) in [6.07, 6.45) is -5.33. The van der Waals surface area contributed by atoms with E-state index in [4.69, 9.17) is 23.1 Å². The van der Waals surface area contributed by atoms with Gasteiger partial charge in [0, 0.05) is 23.2 Å². The van der Waals surface area contributed by atoms with Crippen molar-refractivity contribution < 1.29 is 13.2 Å². The summed E-state index contributed by atoms with van der Waals surface area (Å²) in [5.41, 5.74) is 12.1. The van der Waals surface area contributed by atoms with Crippen LogP contribution >= 0.6 is 11.6 Å². The Balaban J connectivity index is 2.73. The number of alkyl halides is 3. The van der Waals surface area contributed by atoms with E-state index in [1.54, 1.807) is 6.07 Å². The van der Waals surface area contributed by atoms with Gasteiger partial charge in [-0.05, 0) is 30.2 Å². The van der Waals surface area contributed by atoms with Crippen molar-refractivity contribution in [1.82, 2.24) is 0 Å². The number of nitrogens with two attached hydrogens (primary N) is 2. The first-order chi connectivity index (χ1) is 7.29. The Kier molecular flexibility index (Phi) is 4.04. The summed E-state index contributed by atoms with van der Waals surface area (Å²) in [6.45, 7) is 0. The van der Waals surface area contributed by atoms with E-state index in [2.05, 4.69) is 0 Å². The summed E-state index contributed by atoms with van der Waals surface area (Å²) >= 11 is 5.72. The van der Waals surface area contributed by atoms with Gasteiger partial charge >= 0.3 is 6.18 Å². The lowest BCUT2D eigenvalue weighted by atomic mass is 10.0. The molecule has 0 aliphatic carbocycles. The molecule has 1 rings (SSSR count). The highest BCUT2D eigenvalue weighted by atomic mass is 35.5. The maximum absolute atomic E-state index is 12.0. The summed E-state index contributed by atoms with van der Waals surface area (Å²) in [5.74, 6) is 0. The second-order valence-corrected chi connectivity index (χ2v) is 3.97. The molecule has 1 atom stereocenters. The zero-order valence-electron chi connectivity index (χ0n) is 8.39. The van der Waals surface area contributed by atoms with Crippen LogP contribution in [0.4, 0.5) is 18.9 Å². The maximum Gasteiger partial charge on any atom is 0.389 e. The van der Waals surface area contributed by atoms with Crippen LogP contribution in [0.25, 0.3) is 0 Å². The predicted molar refractivity (Wildman–Crippen MR) is 58.1 cm³/mol. The molecule has 0 unspecified atom stereocenters. The molecule has 1 aromatic rings. The highest BCUT2D eigenvalue weighted by Crippen LogP contribution is 2.29. The van der Waals surface area contributed by atoms with Gasteiger partial charge in [-0.3, -0.25) is 0 Å². The van der Waals surface area contributed by atoms with Gasteiger partial charge in [0.25, 0.3) is 0 Å². The normalized spacial score (nSPS) is 13.8. The lowest BCUT2D eigenvalue weighted by molar-refractivity contribution is -0.136. The second-order valence-electron chi connectivity index (χ2n) is 3.53. The van der Waals surface area contributed by atoms with Gasteiger partial charge in [-0.2, -0.15) is 13.2 Å². The molecule has 90 valence electrons. The zero-order valence-corrected chi connectivity index (χ0v) is 9.15. The van der Waals surface area contributed by atoms with Crippen LogP contribution in [0, 0.1) is 0 Å². The molecule has 0 amide bonds. The van der Waals surface area contributed by atoms with Crippen molar-refractivity contribution in [2.24, 2.45) is 5.73 Å². The Morgan fingerprint density at radius 2 is 1.94 bits per heavy atom. The highest BCUT2D eigenvalue weighted by molar-refractivity contribution is 6.30. The molecule has 0 aliphatic rings. The highest BCUT2D eigenvalue weighted by Gasteiger charge is 2.28. The van der Waals surface area contributed by atoms with Crippen molar-refractivity contribution in [3.8, 4) is 0 Å². The van der Waals surface area contributed by atoms with Crippen molar-refractivity contribution in [3.05, 3.63) is 28.8 Å². The average Bonchev–Trinajstić information content (AvgIpc) is 2.17. The Bertz CT molecular complexity index is 366. The van der Waals surface area contributed by atoms with Crippen molar-refractivity contribution in [3.63, 3.8) is 0 Å². The molecule has 0 aliphatic heterocycles. The van der Waals surface area contributed by atoms with Gasteiger partial charge in [-0.25, -0.2) is 0 Å². The molecule has 6 heteroatoms. The molecule has 0 aromatic heterocycles. The van der Waals surface area contributed by atoms with Gasteiger partial charge in [-0.15, -0.1) is 0 Å². The maximum atomic E-state index is 12.0. The number of hydrogen-bond acceptors (Lipinski definition) is 2. The fraction of sp³-hybridized carbons (Fsp3) is 0.400. The molecule has 0 spiro atoms. The quantitative estimate of drug-likeness (QED) is 0.812. The van der Waals surface area contributed by atoms with Gasteiger partial charge < -0.3 is 11.5 Å². The zero-order chi connectivity index (χ0) is 12.3. The standard InChI is InChI=1S/C10H12ClF3N2/c11-6-1-2-8(15)7(5-6)9(16)3-4-10(12,13)14/h1-2,5,9H,3-4,15-16H2/t9-/m0/s1. The molecular weight excluding hydrogens is 241 g/mol. The smallest absolute Gasteiger partial charge is 0.389 e. The third-order valence-corrected chi connectivity index (χ3v) is 2.42. The average molecular weight is 253 g/mol. The summed E-state index contributed by atoms with van der Waals surface area (Å²) in [7, 11) is 0. The monoisotopic (exact) mass is 252 g/mol. The summed E-state index contributed by atoms with van der Waals surface area (Å²) in [4.78, 5) is 0. The van der Waals surface area contributed by atoms with Crippen molar-refractivity contribution in [2.75, 3.05) is 5.73 Å². The largest absolute Gasteiger partial charge is 0.398 e. The third kappa shape index (κ3) is 3.90. The van der Waals surface area contributed by atoms with E-state index in [1.807, 2.05) is 0 Å². The second kappa shape index (κ2) is 4.93. The minimum absolute atomic E-state index is 0.200. The number of hydrogen-bond donors (Lipinski definition) is 2. The van der Waals surface area contributed by atoms with Crippen molar-refractivity contribution >= 4 is 17.3 Å². The minimum atomic E-state index is -4.20. The Hall–Kier alpha value is -0.940. The van der Waals surface area contributed by atoms with Crippen LogP contribution in [0.3, 0.4) is 0 Å². The molecule has 0 saturated heterocycles. The van der Waals surface area contributed by atoms with Gasteiger partial charge in [0.05, 0.1) is 0 Å². The van der Waals surface area contributed by atoms with Crippen molar-refractivity contribution in [1.29, 1.82) is 0 Å². The first-order valence-electron chi connectivity index (χ1n) is 4.67. The molecule has 4 N–H and O–H groups in total. The van der Waals surface area contributed by atoms with Crippen LogP contribution in [0.2, 0.25) is 5.02 Å². The number of rotatable bonds is 3. The van der Waals surface area contributed by atoms with Crippen LogP contribution in [-0.4, -0.2) is 6.18 Å². The van der Waals surface area contributed by atoms with Gasteiger partial charge in [0.15, 0.2) is 0 Å². The molecule has 0 heterocycles. The molecule has 1 aromatic carbocycles. The number of anilines is 1. The van der Waals surface area contributed by atoms with Gasteiger partial charge in [0.1, 0.15) is 0 Å². The van der Waals surface area contributed by atoms with Crippen LogP contribution in [0.1, 0.15) is 24.4 Å². The Labute approximate surface area is 96.4 Å². The van der Waals surface area contributed by atoms with Crippen LogP contribution in [0.5, 0.6) is 0 Å². The molecule has 0 bridgehead atoms. The fourth-order valence-electron chi connectivity index (χ4n) is 1.34. The molecule has 0 fully saturated rings. The molecule has 2 nitrogen and oxygen atoms in total. The van der Waals surface area contributed by atoms with Gasteiger partial charge in [-0.1, -0.05) is 11.6 Å². The van der Waals surface area contributed by atoms with Crippen LogP contribution < -0.4 is 11.5 Å². The van der Waals surface area contributed by atoms with E-state index in [0.29, 0.717) is 16.3 Å². The van der Waals surface area contributed by atoms with Gasteiger partial charge in [0.2, 0.25) is 0 Å². The molecular formula is C10H12ClF3N2. The van der Waals surface area contributed by atoms with Crippen LogP contribution in [-0.2, 0) is 0 Å². The summed E-state index contributed by atoms with van der Waals surface area (Å²) in [6, 6.07) is 3.85. The van der Waals surface area contributed by atoms with E-state index >= 15 is 0 Å². The van der Waals surface area contributed by atoms with E-state index in [0.717, 1.165) is 0 Å². The van der Waals surface area contributed by atoms with Crippen molar-refractivity contribution in [2.45, 2.75) is 25.1 Å². The molecule has 0 radical (unpaired) electrons. The summed E-state index contributed by atoms with van der Waals surface area (Å²) in [5, 5.41) is 0.409. The third-order valence-electron chi connectivity index (χ3n) is 2.19. The minimum Gasteiger partial charge on any atom is -0.398 e. The lowest BCUT2D eigenvalue weighted by Crippen LogP contribution is -2.17. The van der Waals surface area contributed by atoms with E-state index < -0.39 is 18.6 Å². The summed E-state index contributed by atoms with van der Waals surface area (Å²) < 4.78 is 36.0. The topological polar surface area (TPSA) is 52.0 Å². The first kappa shape index (κ1) is 13.1. The first-order valence-corrected chi connectivity index (χ1v) is 5.04. The van der Waals surface area contributed by atoms with E-state index in [9.17, 15) is 13.2 Å². The fourth-order valence-corrected chi connectivity index (χ4v) is 1.52. The molecule has 16 heavy (non-hydrogen) atoms. The Morgan fingerprint density at radius 1 is 1.31 bits per heavy atom.